The average Bonchev–Trinajstić information content (AvgIpc) is 3.09. The third-order valence-electron chi connectivity index (χ3n) is 3.92. The molecule has 0 spiro atoms. The highest BCUT2D eigenvalue weighted by Crippen LogP contribution is 2.36. The van der Waals surface area contributed by atoms with E-state index < -0.39 is 0 Å². The zero-order valence-corrected chi connectivity index (χ0v) is 12.1. The van der Waals surface area contributed by atoms with Crippen molar-refractivity contribution in [2.75, 3.05) is 6.54 Å². The van der Waals surface area contributed by atoms with E-state index in [1.807, 2.05) is 0 Å². The van der Waals surface area contributed by atoms with E-state index in [9.17, 15) is 4.79 Å². The van der Waals surface area contributed by atoms with Crippen molar-refractivity contribution in [1.82, 2.24) is 9.88 Å². The maximum absolute atomic E-state index is 12.3. The number of hydrogen-bond donors (Lipinski definition) is 1. The second kappa shape index (κ2) is 5.37. The summed E-state index contributed by atoms with van der Waals surface area (Å²) in [5.74, 6) is 0.0807. The van der Waals surface area contributed by atoms with Crippen LogP contribution in [0.3, 0.4) is 0 Å². The summed E-state index contributed by atoms with van der Waals surface area (Å²) in [6.07, 6.45) is 5.95. The molecule has 1 saturated carbocycles. The van der Waals surface area contributed by atoms with Crippen molar-refractivity contribution in [3.8, 4) is 0 Å². The van der Waals surface area contributed by atoms with Crippen LogP contribution < -0.4 is 5.32 Å². The fourth-order valence-corrected chi connectivity index (χ4v) is 3.81. The summed E-state index contributed by atoms with van der Waals surface area (Å²) in [5, 5.41) is 5.12. The van der Waals surface area contributed by atoms with E-state index in [1.165, 1.54) is 35.9 Å². The molecule has 0 bridgehead atoms. The molecule has 3 rings (SSSR count). The van der Waals surface area contributed by atoms with Crippen molar-refractivity contribution in [3.63, 3.8) is 0 Å². The number of thiophene rings is 1. The average molecular weight is 276 g/mol. The number of rotatable bonds is 4. The van der Waals surface area contributed by atoms with Crippen molar-refractivity contribution in [2.24, 2.45) is 0 Å². The maximum Gasteiger partial charge on any atom is 0.267 e. The fourth-order valence-electron chi connectivity index (χ4n) is 3.00. The Morgan fingerprint density at radius 3 is 3.00 bits per heavy atom. The lowest BCUT2D eigenvalue weighted by atomic mass is 10.2. The molecule has 19 heavy (non-hydrogen) atoms. The molecular formula is C15H20N2OS. The molecule has 2 aromatic heterocycles. The van der Waals surface area contributed by atoms with Gasteiger partial charge in [0.1, 0.15) is 5.69 Å². The second-order valence-electron chi connectivity index (χ2n) is 5.26. The van der Waals surface area contributed by atoms with Gasteiger partial charge in [-0.1, -0.05) is 19.8 Å². The quantitative estimate of drug-likeness (QED) is 0.901. The van der Waals surface area contributed by atoms with Crippen LogP contribution in [0.25, 0.3) is 10.2 Å². The molecule has 1 N–H and O–H groups in total. The summed E-state index contributed by atoms with van der Waals surface area (Å²) < 4.78 is 3.51. The lowest BCUT2D eigenvalue weighted by Crippen LogP contribution is -2.27. The van der Waals surface area contributed by atoms with Crippen molar-refractivity contribution in [1.29, 1.82) is 0 Å². The first kappa shape index (κ1) is 12.7. The topological polar surface area (TPSA) is 34.0 Å². The Morgan fingerprint density at radius 1 is 1.47 bits per heavy atom. The molecule has 4 heteroatoms. The fraction of sp³-hybridized carbons (Fsp3) is 0.533. The normalized spacial score (nSPS) is 16.3. The predicted molar refractivity (Wildman–Crippen MR) is 79.9 cm³/mol. The Labute approximate surface area is 117 Å². The number of fused-ring (bicyclic) bond motifs is 1. The number of hydrogen-bond acceptors (Lipinski definition) is 2. The van der Waals surface area contributed by atoms with E-state index in [4.69, 9.17) is 0 Å². The zero-order chi connectivity index (χ0) is 13.2. The van der Waals surface area contributed by atoms with Crippen LogP contribution in [0.4, 0.5) is 0 Å². The minimum absolute atomic E-state index is 0.0807. The van der Waals surface area contributed by atoms with Crippen LogP contribution in [0.2, 0.25) is 0 Å². The van der Waals surface area contributed by atoms with E-state index >= 15 is 0 Å². The number of amides is 1. The van der Waals surface area contributed by atoms with Crippen molar-refractivity contribution >= 4 is 27.5 Å². The van der Waals surface area contributed by atoms with Gasteiger partial charge in [-0.05, 0) is 36.8 Å². The van der Waals surface area contributed by atoms with Gasteiger partial charge in [-0.25, -0.2) is 0 Å². The van der Waals surface area contributed by atoms with Gasteiger partial charge in [0.15, 0.2) is 0 Å². The number of carbonyl (C=O) groups excluding carboxylic acids is 1. The molecule has 0 aliphatic heterocycles. The summed E-state index contributed by atoms with van der Waals surface area (Å²) >= 11 is 1.72. The van der Waals surface area contributed by atoms with Crippen LogP contribution in [0.1, 0.15) is 55.6 Å². The monoisotopic (exact) mass is 276 g/mol. The summed E-state index contributed by atoms with van der Waals surface area (Å²) in [6.45, 7) is 2.83. The van der Waals surface area contributed by atoms with E-state index in [0.29, 0.717) is 6.04 Å². The highest BCUT2D eigenvalue weighted by Gasteiger charge is 2.24. The Hall–Kier alpha value is -1.29. The molecule has 1 amide bonds. The molecule has 0 unspecified atom stereocenters. The minimum atomic E-state index is 0.0807. The molecule has 0 radical (unpaired) electrons. The van der Waals surface area contributed by atoms with E-state index in [0.717, 1.165) is 18.7 Å². The largest absolute Gasteiger partial charge is 0.351 e. The van der Waals surface area contributed by atoms with Crippen LogP contribution in [0, 0.1) is 0 Å². The Morgan fingerprint density at radius 2 is 2.26 bits per heavy atom. The number of aromatic nitrogens is 1. The first-order chi connectivity index (χ1) is 9.31. The van der Waals surface area contributed by atoms with Crippen molar-refractivity contribution < 1.29 is 4.79 Å². The molecule has 2 aromatic rings. The zero-order valence-electron chi connectivity index (χ0n) is 11.3. The lowest BCUT2D eigenvalue weighted by Gasteiger charge is -2.17. The van der Waals surface area contributed by atoms with Gasteiger partial charge < -0.3 is 9.88 Å². The third-order valence-corrected chi connectivity index (χ3v) is 4.77. The van der Waals surface area contributed by atoms with Gasteiger partial charge in [-0.15, -0.1) is 11.3 Å². The highest BCUT2D eigenvalue weighted by atomic mass is 32.1. The SMILES string of the molecule is CCCNC(=O)c1cc2sccc2n1C1CCCC1. The summed E-state index contributed by atoms with van der Waals surface area (Å²) in [6, 6.07) is 4.72. The summed E-state index contributed by atoms with van der Waals surface area (Å²) in [7, 11) is 0. The molecule has 0 saturated heterocycles. The van der Waals surface area contributed by atoms with Gasteiger partial charge in [0.05, 0.1) is 10.2 Å². The Bertz CT molecular complexity index is 578. The smallest absolute Gasteiger partial charge is 0.267 e. The molecular weight excluding hydrogens is 256 g/mol. The van der Waals surface area contributed by atoms with Gasteiger partial charge in [-0.2, -0.15) is 0 Å². The van der Waals surface area contributed by atoms with Crippen LogP contribution in [0.15, 0.2) is 17.5 Å². The van der Waals surface area contributed by atoms with Gasteiger partial charge in [0, 0.05) is 12.6 Å². The predicted octanol–water partition coefficient (Wildman–Crippen LogP) is 3.96. The number of nitrogens with zero attached hydrogens (tertiary/aromatic N) is 1. The van der Waals surface area contributed by atoms with E-state index in [-0.39, 0.29) is 5.91 Å². The molecule has 0 aromatic carbocycles. The summed E-state index contributed by atoms with van der Waals surface area (Å²) in [5.41, 5.74) is 2.08. The second-order valence-corrected chi connectivity index (χ2v) is 6.21. The minimum Gasteiger partial charge on any atom is -0.351 e. The van der Waals surface area contributed by atoms with Crippen molar-refractivity contribution in [3.05, 3.63) is 23.2 Å². The molecule has 3 nitrogen and oxygen atoms in total. The highest BCUT2D eigenvalue weighted by molar-refractivity contribution is 7.17. The molecule has 102 valence electrons. The van der Waals surface area contributed by atoms with Crippen LogP contribution in [-0.2, 0) is 0 Å². The molecule has 1 aliphatic rings. The van der Waals surface area contributed by atoms with Gasteiger partial charge in [0.2, 0.25) is 0 Å². The lowest BCUT2D eigenvalue weighted by molar-refractivity contribution is 0.0943. The molecule has 2 heterocycles. The Balaban J connectivity index is 1.99. The van der Waals surface area contributed by atoms with Gasteiger partial charge >= 0.3 is 0 Å². The van der Waals surface area contributed by atoms with Gasteiger partial charge in [0.25, 0.3) is 5.91 Å². The Kier molecular flexibility index (Phi) is 3.60. The standard InChI is InChI=1S/C15H20N2OS/c1-2-8-16-15(18)13-10-14-12(7-9-19-14)17(13)11-5-3-4-6-11/h7,9-11H,2-6,8H2,1H3,(H,16,18). The summed E-state index contributed by atoms with van der Waals surface area (Å²) in [4.78, 5) is 12.3. The van der Waals surface area contributed by atoms with Crippen LogP contribution in [-0.4, -0.2) is 17.0 Å². The molecule has 0 atom stereocenters. The van der Waals surface area contributed by atoms with Crippen molar-refractivity contribution in [2.45, 2.75) is 45.1 Å². The third kappa shape index (κ3) is 2.29. The number of carbonyl (C=O) groups is 1. The first-order valence-electron chi connectivity index (χ1n) is 7.18. The number of nitrogens with one attached hydrogen (secondary N) is 1. The maximum atomic E-state index is 12.3. The van der Waals surface area contributed by atoms with Crippen LogP contribution >= 0.6 is 11.3 Å². The van der Waals surface area contributed by atoms with Crippen LogP contribution in [0.5, 0.6) is 0 Å². The first-order valence-corrected chi connectivity index (χ1v) is 8.06. The molecule has 1 fully saturated rings. The van der Waals surface area contributed by atoms with Gasteiger partial charge in [-0.3, -0.25) is 4.79 Å². The van der Waals surface area contributed by atoms with E-state index in [2.05, 4.69) is 34.3 Å². The van der Waals surface area contributed by atoms with E-state index in [1.54, 1.807) is 11.3 Å². The molecule has 1 aliphatic carbocycles.